The van der Waals surface area contributed by atoms with E-state index in [0.717, 1.165) is 32.5 Å². The van der Waals surface area contributed by atoms with E-state index in [1.165, 1.54) is 11.8 Å². The largest absolute Gasteiger partial charge is 0.459 e. The molecule has 3 rings (SSSR count). The van der Waals surface area contributed by atoms with Gasteiger partial charge in [0.15, 0.2) is 5.76 Å². The molecule has 0 atom stereocenters. The van der Waals surface area contributed by atoms with Gasteiger partial charge in [0, 0.05) is 38.6 Å². The lowest BCUT2D eigenvalue weighted by Crippen LogP contribution is -2.45. The molecule has 0 saturated carbocycles. The van der Waals surface area contributed by atoms with Gasteiger partial charge in [-0.05, 0) is 30.5 Å². The number of carbonyl (C=O) groups excluding carboxylic acids is 2. The van der Waals surface area contributed by atoms with E-state index in [-0.39, 0.29) is 30.0 Å². The van der Waals surface area contributed by atoms with E-state index in [1.807, 2.05) is 6.07 Å². The Morgan fingerprint density at radius 3 is 2.54 bits per heavy atom. The Morgan fingerprint density at radius 1 is 1.08 bits per heavy atom. The van der Waals surface area contributed by atoms with Crippen LogP contribution in [0.1, 0.15) is 35.4 Å². The van der Waals surface area contributed by atoms with Gasteiger partial charge in [-0.3, -0.25) is 14.5 Å². The monoisotopic (exact) mass is 355 g/mol. The molecule has 0 aliphatic carbocycles. The van der Waals surface area contributed by atoms with Crippen molar-refractivity contribution in [3.05, 3.63) is 60.1 Å². The first kappa shape index (κ1) is 18.2. The van der Waals surface area contributed by atoms with Gasteiger partial charge in [0.1, 0.15) is 0 Å². The van der Waals surface area contributed by atoms with Gasteiger partial charge in [0.05, 0.1) is 6.26 Å². The van der Waals surface area contributed by atoms with E-state index in [2.05, 4.69) is 39.8 Å². The Morgan fingerprint density at radius 2 is 1.85 bits per heavy atom. The van der Waals surface area contributed by atoms with Crippen molar-refractivity contribution < 1.29 is 14.0 Å². The van der Waals surface area contributed by atoms with Crippen molar-refractivity contribution in [3.63, 3.8) is 0 Å². The maximum Gasteiger partial charge on any atom is 0.286 e. The highest BCUT2D eigenvalue weighted by atomic mass is 16.3. The first-order chi connectivity index (χ1) is 12.7. The maximum absolute atomic E-state index is 12.1. The summed E-state index contributed by atoms with van der Waals surface area (Å²) in [5, 5.41) is 5.76. The summed E-state index contributed by atoms with van der Waals surface area (Å²) in [6.07, 6.45) is 3.64. The summed E-state index contributed by atoms with van der Waals surface area (Å²) in [6, 6.07) is 13.9. The normalized spacial score (nSPS) is 15.5. The third kappa shape index (κ3) is 5.46. The minimum Gasteiger partial charge on any atom is -0.459 e. The first-order valence-electron chi connectivity index (χ1n) is 9.08. The highest BCUT2D eigenvalue weighted by Gasteiger charge is 2.20. The van der Waals surface area contributed by atoms with Gasteiger partial charge < -0.3 is 15.1 Å². The molecule has 26 heavy (non-hydrogen) atoms. The van der Waals surface area contributed by atoms with Crippen LogP contribution >= 0.6 is 0 Å². The fourth-order valence-electron chi connectivity index (χ4n) is 3.16. The molecule has 0 unspecified atom stereocenters. The van der Waals surface area contributed by atoms with Crippen LogP contribution in [0.5, 0.6) is 0 Å². The predicted molar refractivity (Wildman–Crippen MR) is 98.5 cm³/mol. The first-order valence-corrected chi connectivity index (χ1v) is 9.08. The lowest BCUT2D eigenvalue weighted by atomic mass is 10.0. The van der Waals surface area contributed by atoms with Crippen LogP contribution in [-0.4, -0.2) is 42.4 Å². The SMILES string of the molecule is O=C(CCNC(=O)c1ccco1)NC1CCN(Cc2ccccc2)CC1. The Hall–Kier alpha value is -2.60. The molecule has 2 heterocycles. The molecule has 6 nitrogen and oxygen atoms in total. The summed E-state index contributed by atoms with van der Waals surface area (Å²) in [7, 11) is 0. The Bertz CT molecular complexity index is 692. The lowest BCUT2D eigenvalue weighted by Gasteiger charge is -2.32. The molecular formula is C20H25N3O3. The quantitative estimate of drug-likeness (QED) is 0.798. The average Bonchev–Trinajstić information content (AvgIpc) is 3.19. The van der Waals surface area contributed by atoms with Crippen molar-refractivity contribution in [1.29, 1.82) is 0 Å². The van der Waals surface area contributed by atoms with Crippen molar-refractivity contribution in [2.75, 3.05) is 19.6 Å². The van der Waals surface area contributed by atoms with E-state index in [0.29, 0.717) is 6.54 Å². The minimum atomic E-state index is -0.294. The molecule has 2 amide bonds. The van der Waals surface area contributed by atoms with Crippen molar-refractivity contribution in [3.8, 4) is 0 Å². The maximum atomic E-state index is 12.1. The Labute approximate surface area is 153 Å². The topological polar surface area (TPSA) is 74.6 Å². The summed E-state index contributed by atoms with van der Waals surface area (Å²) in [5.74, 6) is -0.0560. The Balaban J connectivity index is 1.31. The number of nitrogens with zero attached hydrogens (tertiary/aromatic N) is 1. The highest BCUT2D eigenvalue weighted by molar-refractivity contribution is 5.91. The van der Waals surface area contributed by atoms with E-state index in [9.17, 15) is 9.59 Å². The number of rotatable bonds is 7. The summed E-state index contributed by atoms with van der Waals surface area (Å²) in [6.45, 7) is 3.22. The van der Waals surface area contributed by atoms with Crippen LogP contribution in [0, 0.1) is 0 Å². The third-order valence-electron chi connectivity index (χ3n) is 4.58. The van der Waals surface area contributed by atoms with Gasteiger partial charge in [0.25, 0.3) is 5.91 Å². The van der Waals surface area contributed by atoms with Gasteiger partial charge in [-0.2, -0.15) is 0 Å². The number of furan rings is 1. The average molecular weight is 355 g/mol. The van der Waals surface area contributed by atoms with Crippen LogP contribution in [0.15, 0.2) is 53.1 Å². The molecule has 0 spiro atoms. The number of nitrogens with one attached hydrogen (secondary N) is 2. The number of hydrogen-bond donors (Lipinski definition) is 2. The predicted octanol–water partition coefficient (Wildman–Crippen LogP) is 2.18. The van der Waals surface area contributed by atoms with E-state index < -0.39 is 0 Å². The minimum absolute atomic E-state index is 0.0220. The second-order valence-electron chi connectivity index (χ2n) is 6.59. The van der Waals surface area contributed by atoms with Gasteiger partial charge in [-0.25, -0.2) is 0 Å². The molecule has 1 aromatic carbocycles. The number of piperidine rings is 1. The molecule has 0 radical (unpaired) electrons. The number of benzene rings is 1. The second kappa shape index (κ2) is 9.20. The molecule has 2 N–H and O–H groups in total. The molecule has 1 saturated heterocycles. The standard InChI is InChI=1S/C20H25N3O3/c24-19(8-11-21-20(25)18-7-4-14-26-18)22-17-9-12-23(13-10-17)15-16-5-2-1-3-6-16/h1-7,14,17H,8-13,15H2,(H,21,25)(H,22,24). The van der Waals surface area contributed by atoms with Crippen molar-refractivity contribution in [1.82, 2.24) is 15.5 Å². The zero-order valence-corrected chi connectivity index (χ0v) is 14.8. The fourth-order valence-corrected chi connectivity index (χ4v) is 3.16. The molecule has 1 fully saturated rings. The van der Waals surface area contributed by atoms with Crippen LogP contribution in [-0.2, 0) is 11.3 Å². The van der Waals surface area contributed by atoms with Crippen LogP contribution in [0.2, 0.25) is 0 Å². The lowest BCUT2D eigenvalue weighted by molar-refractivity contribution is -0.122. The number of amides is 2. The molecular weight excluding hydrogens is 330 g/mol. The molecule has 1 aliphatic rings. The smallest absolute Gasteiger partial charge is 0.286 e. The van der Waals surface area contributed by atoms with Crippen molar-refractivity contribution >= 4 is 11.8 Å². The molecule has 1 aromatic heterocycles. The summed E-state index contributed by atoms with van der Waals surface area (Å²) < 4.78 is 5.01. The van der Waals surface area contributed by atoms with E-state index >= 15 is 0 Å². The zero-order valence-electron chi connectivity index (χ0n) is 14.8. The number of hydrogen-bond acceptors (Lipinski definition) is 4. The van der Waals surface area contributed by atoms with Crippen molar-refractivity contribution in [2.24, 2.45) is 0 Å². The Kier molecular flexibility index (Phi) is 6.44. The van der Waals surface area contributed by atoms with Gasteiger partial charge >= 0.3 is 0 Å². The number of likely N-dealkylation sites (tertiary alicyclic amines) is 1. The zero-order chi connectivity index (χ0) is 18.2. The van der Waals surface area contributed by atoms with Crippen LogP contribution < -0.4 is 10.6 Å². The third-order valence-corrected chi connectivity index (χ3v) is 4.58. The van der Waals surface area contributed by atoms with Gasteiger partial charge in [-0.15, -0.1) is 0 Å². The van der Waals surface area contributed by atoms with Crippen LogP contribution in [0.25, 0.3) is 0 Å². The summed E-state index contributed by atoms with van der Waals surface area (Å²) >= 11 is 0. The molecule has 1 aliphatic heterocycles. The fraction of sp³-hybridized carbons (Fsp3) is 0.400. The van der Waals surface area contributed by atoms with Gasteiger partial charge in [-0.1, -0.05) is 30.3 Å². The highest BCUT2D eigenvalue weighted by Crippen LogP contribution is 2.14. The molecule has 0 bridgehead atoms. The summed E-state index contributed by atoms with van der Waals surface area (Å²) in [4.78, 5) is 26.2. The molecule has 2 aromatic rings. The molecule has 6 heteroatoms. The summed E-state index contributed by atoms with van der Waals surface area (Å²) in [5.41, 5.74) is 1.32. The van der Waals surface area contributed by atoms with Crippen LogP contribution in [0.3, 0.4) is 0 Å². The second-order valence-corrected chi connectivity index (χ2v) is 6.59. The van der Waals surface area contributed by atoms with Gasteiger partial charge in [0.2, 0.25) is 5.91 Å². The van der Waals surface area contributed by atoms with E-state index in [4.69, 9.17) is 4.42 Å². The molecule has 138 valence electrons. The van der Waals surface area contributed by atoms with E-state index in [1.54, 1.807) is 12.1 Å². The number of carbonyl (C=O) groups is 2. The van der Waals surface area contributed by atoms with Crippen molar-refractivity contribution in [2.45, 2.75) is 31.8 Å². The van der Waals surface area contributed by atoms with Crippen LogP contribution in [0.4, 0.5) is 0 Å².